The molecule has 0 radical (unpaired) electrons. The number of rotatable bonds is 2. The molecule has 0 bridgehead atoms. The van der Waals surface area contributed by atoms with Gasteiger partial charge in [-0.05, 0) is 57.4 Å². The maximum absolute atomic E-state index is 13.2. The lowest BCUT2D eigenvalue weighted by atomic mass is 9.73. The van der Waals surface area contributed by atoms with Crippen molar-refractivity contribution >= 4 is 5.91 Å². The zero-order valence-corrected chi connectivity index (χ0v) is 13.0. The number of carbonyl (C=O) groups is 1. The second-order valence-electron chi connectivity index (χ2n) is 7.17. The summed E-state index contributed by atoms with van der Waals surface area (Å²) in [6, 6.07) is 0.565. The van der Waals surface area contributed by atoms with Crippen molar-refractivity contribution in [3.05, 3.63) is 0 Å². The van der Waals surface area contributed by atoms with Gasteiger partial charge in [0, 0.05) is 19.1 Å². The Hall–Kier alpha value is -0.570. The fraction of sp³-hybridized carbons (Fsp3) is 0.941. The van der Waals surface area contributed by atoms with Gasteiger partial charge in [0.2, 0.25) is 5.91 Å². The van der Waals surface area contributed by atoms with Crippen LogP contribution in [0.1, 0.15) is 64.7 Å². The molecule has 1 saturated carbocycles. The summed E-state index contributed by atoms with van der Waals surface area (Å²) in [5, 5.41) is 3.47. The topological polar surface area (TPSA) is 32.3 Å². The molecule has 3 rings (SSSR count). The van der Waals surface area contributed by atoms with Gasteiger partial charge in [-0.2, -0.15) is 0 Å². The van der Waals surface area contributed by atoms with Crippen LogP contribution in [0.5, 0.6) is 0 Å². The van der Waals surface area contributed by atoms with E-state index in [-0.39, 0.29) is 5.41 Å². The third kappa shape index (κ3) is 2.49. The molecule has 0 aromatic rings. The Morgan fingerprint density at radius 3 is 2.75 bits per heavy atom. The van der Waals surface area contributed by atoms with Gasteiger partial charge in [-0.25, -0.2) is 0 Å². The Bertz CT molecular complexity index is 347. The van der Waals surface area contributed by atoms with E-state index < -0.39 is 0 Å². The van der Waals surface area contributed by atoms with Crippen LogP contribution < -0.4 is 5.32 Å². The van der Waals surface area contributed by atoms with Crippen LogP contribution in [-0.2, 0) is 4.79 Å². The standard InChI is InChI=1S/C17H30N2O/c1-2-17(10-6-11-18-13-17)16(20)19-12-5-8-14-7-3-4-9-15(14)19/h14-15,18H,2-13H2,1H3/t14-,15-,17?/m1/s1. The minimum absolute atomic E-state index is 0.0996. The Balaban J connectivity index is 1.77. The highest BCUT2D eigenvalue weighted by molar-refractivity contribution is 5.83. The summed E-state index contributed by atoms with van der Waals surface area (Å²) in [5.41, 5.74) is -0.0996. The fourth-order valence-corrected chi connectivity index (χ4v) is 4.78. The third-order valence-electron chi connectivity index (χ3n) is 6.11. The number of piperidine rings is 2. The molecule has 2 aliphatic heterocycles. The smallest absolute Gasteiger partial charge is 0.230 e. The van der Waals surface area contributed by atoms with Gasteiger partial charge in [-0.1, -0.05) is 19.8 Å². The molecule has 3 heteroatoms. The van der Waals surface area contributed by atoms with E-state index in [1.54, 1.807) is 0 Å². The van der Waals surface area contributed by atoms with Crippen LogP contribution in [0.15, 0.2) is 0 Å². The van der Waals surface area contributed by atoms with Gasteiger partial charge in [0.25, 0.3) is 0 Å². The molecule has 1 N–H and O–H groups in total. The third-order valence-corrected chi connectivity index (χ3v) is 6.11. The van der Waals surface area contributed by atoms with Gasteiger partial charge in [0.1, 0.15) is 0 Å². The van der Waals surface area contributed by atoms with Crippen LogP contribution in [0.3, 0.4) is 0 Å². The second-order valence-corrected chi connectivity index (χ2v) is 7.17. The minimum Gasteiger partial charge on any atom is -0.339 e. The van der Waals surface area contributed by atoms with E-state index in [0.29, 0.717) is 11.9 Å². The summed E-state index contributed by atoms with van der Waals surface area (Å²) in [4.78, 5) is 15.6. The van der Waals surface area contributed by atoms with Crippen molar-refractivity contribution in [2.45, 2.75) is 70.8 Å². The highest BCUT2D eigenvalue weighted by atomic mass is 16.2. The Kier molecular flexibility index (Phi) is 4.34. The molecule has 3 atom stereocenters. The van der Waals surface area contributed by atoms with Crippen molar-refractivity contribution < 1.29 is 4.79 Å². The summed E-state index contributed by atoms with van der Waals surface area (Å²) in [6.07, 6.45) is 11.1. The lowest BCUT2D eigenvalue weighted by Crippen LogP contribution is -2.57. The van der Waals surface area contributed by atoms with Crippen LogP contribution >= 0.6 is 0 Å². The highest BCUT2D eigenvalue weighted by Gasteiger charge is 2.45. The molecule has 3 aliphatic rings. The highest BCUT2D eigenvalue weighted by Crippen LogP contribution is 2.40. The van der Waals surface area contributed by atoms with Crippen molar-refractivity contribution in [2.75, 3.05) is 19.6 Å². The molecule has 1 unspecified atom stereocenters. The van der Waals surface area contributed by atoms with Crippen LogP contribution in [0, 0.1) is 11.3 Å². The van der Waals surface area contributed by atoms with Gasteiger partial charge in [0.15, 0.2) is 0 Å². The van der Waals surface area contributed by atoms with Crippen molar-refractivity contribution in [2.24, 2.45) is 11.3 Å². The Labute approximate surface area is 123 Å². The van der Waals surface area contributed by atoms with Crippen molar-refractivity contribution in [3.63, 3.8) is 0 Å². The first-order valence-electron chi connectivity index (χ1n) is 8.79. The molecule has 0 aromatic carbocycles. The Morgan fingerprint density at radius 2 is 2.00 bits per heavy atom. The first-order chi connectivity index (χ1) is 9.77. The van der Waals surface area contributed by atoms with E-state index in [1.165, 1.54) is 38.5 Å². The van der Waals surface area contributed by atoms with Gasteiger partial charge in [-0.15, -0.1) is 0 Å². The zero-order chi connectivity index (χ0) is 14.0. The molecule has 3 nitrogen and oxygen atoms in total. The molecule has 2 saturated heterocycles. The summed E-state index contributed by atoms with van der Waals surface area (Å²) in [6.45, 7) is 5.20. The molecule has 114 valence electrons. The van der Waals surface area contributed by atoms with E-state index in [4.69, 9.17) is 0 Å². The molecule has 1 aliphatic carbocycles. The molecule has 20 heavy (non-hydrogen) atoms. The number of amides is 1. The summed E-state index contributed by atoms with van der Waals surface area (Å²) < 4.78 is 0. The van der Waals surface area contributed by atoms with E-state index >= 15 is 0 Å². The van der Waals surface area contributed by atoms with Gasteiger partial charge < -0.3 is 10.2 Å². The Morgan fingerprint density at radius 1 is 1.20 bits per heavy atom. The summed E-state index contributed by atoms with van der Waals surface area (Å²) >= 11 is 0. The number of carbonyl (C=O) groups excluding carboxylic acids is 1. The average Bonchev–Trinajstić information content (AvgIpc) is 2.54. The lowest BCUT2D eigenvalue weighted by Gasteiger charge is -2.48. The number of fused-ring (bicyclic) bond motifs is 1. The molecular weight excluding hydrogens is 248 g/mol. The molecule has 0 spiro atoms. The van der Waals surface area contributed by atoms with Gasteiger partial charge >= 0.3 is 0 Å². The predicted molar refractivity (Wildman–Crippen MR) is 81.5 cm³/mol. The minimum atomic E-state index is -0.0996. The summed E-state index contributed by atoms with van der Waals surface area (Å²) in [5.74, 6) is 1.27. The van der Waals surface area contributed by atoms with Crippen LogP contribution in [0.2, 0.25) is 0 Å². The summed E-state index contributed by atoms with van der Waals surface area (Å²) in [7, 11) is 0. The monoisotopic (exact) mass is 278 g/mol. The number of nitrogens with zero attached hydrogens (tertiary/aromatic N) is 1. The molecule has 3 fully saturated rings. The van der Waals surface area contributed by atoms with Crippen molar-refractivity contribution in [3.8, 4) is 0 Å². The van der Waals surface area contributed by atoms with Crippen molar-refractivity contribution in [1.82, 2.24) is 10.2 Å². The lowest BCUT2D eigenvalue weighted by molar-refractivity contribution is -0.150. The predicted octanol–water partition coefficient (Wildman–Crippen LogP) is 2.95. The number of nitrogens with one attached hydrogen (secondary N) is 1. The number of hydrogen-bond acceptors (Lipinski definition) is 2. The van der Waals surface area contributed by atoms with Crippen LogP contribution in [-0.4, -0.2) is 36.5 Å². The van der Waals surface area contributed by atoms with Gasteiger partial charge in [0.05, 0.1) is 5.41 Å². The van der Waals surface area contributed by atoms with Gasteiger partial charge in [-0.3, -0.25) is 4.79 Å². The van der Waals surface area contributed by atoms with E-state index in [1.807, 2.05) is 0 Å². The normalized spacial score (nSPS) is 38.4. The maximum atomic E-state index is 13.2. The largest absolute Gasteiger partial charge is 0.339 e. The maximum Gasteiger partial charge on any atom is 0.230 e. The second kappa shape index (κ2) is 6.05. The van der Waals surface area contributed by atoms with E-state index in [2.05, 4.69) is 17.1 Å². The zero-order valence-electron chi connectivity index (χ0n) is 13.0. The fourth-order valence-electron chi connectivity index (χ4n) is 4.78. The average molecular weight is 278 g/mol. The van der Waals surface area contributed by atoms with Crippen LogP contribution in [0.25, 0.3) is 0 Å². The molecule has 0 aromatic heterocycles. The molecule has 2 heterocycles. The first kappa shape index (κ1) is 14.4. The quantitative estimate of drug-likeness (QED) is 0.842. The van der Waals surface area contributed by atoms with Crippen LogP contribution in [0.4, 0.5) is 0 Å². The number of hydrogen-bond donors (Lipinski definition) is 1. The van der Waals surface area contributed by atoms with E-state index in [0.717, 1.165) is 44.8 Å². The molecular formula is C17H30N2O. The number of likely N-dealkylation sites (tertiary alicyclic amines) is 1. The molecule has 1 amide bonds. The van der Waals surface area contributed by atoms with E-state index in [9.17, 15) is 4.79 Å². The SMILES string of the molecule is CCC1(C(=O)N2CCC[C@H]3CCCC[C@H]32)CCCNC1. The first-order valence-corrected chi connectivity index (χ1v) is 8.79. The van der Waals surface area contributed by atoms with Crippen molar-refractivity contribution in [1.29, 1.82) is 0 Å².